The van der Waals surface area contributed by atoms with E-state index in [1.165, 1.54) is 12.1 Å². The first-order chi connectivity index (χ1) is 15.7. The molecule has 0 spiro atoms. The Morgan fingerprint density at radius 3 is 2.42 bits per heavy atom. The van der Waals surface area contributed by atoms with Crippen LogP contribution in [0.25, 0.3) is 22.1 Å². The first-order valence-corrected chi connectivity index (χ1v) is 10.3. The van der Waals surface area contributed by atoms with E-state index in [4.69, 9.17) is 14.3 Å². The van der Waals surface area contributed by atoms with Crippen LogP contribution in [-0.2, 0) is 14.4 Å². The minimum Gasteiger partial charge on any atom is -0.484 e. The number of carbonyl (C=O) groups excluding carboxylic acids is 2. The van der Waals surface area contributed by atoms with Crippen molar-refractivity contribution >= 4 is 28.8 Å². The highest BCUT2D eigenvalue weighted by atomic mass is 16.5. The van der Waals surface area contributed by atoms with Gasteiger partial charge in [0.2, 0.25) is 5.91 Å². The van der Waals surface area contributed by atoms with Gasteiger partial charge in [-0.05, 0) is 29.2 Å². The third-order valence-electron chi connectivity index (χ3n) is 4.87. The summed E-state index contributed by atoms with van der Waals surface area (Å²) in [4.78, 5) is 47.1. The van der Waals surface area contributed by atoms with Crippen molar-refractivity contribution in [2.24, 2.45) is 5.92 Å². The molecule has 3 N–H and O–H groups in total. The van der Waals surface area contributed by atoms with Gasteiger partial charge in [0, 0.05) is 17.5 Å². The third-order valence-corrected chi connectivity index (χ3v) is 4.87. The van der Waals surface area contributed by atoms with Gasteiger partial charge in [-0.15, -0.1) is 0 Å². The minimum atomic E-state index is -1.15. The summed E-state index contributed by atoms with van der Waals surface area (Å²) >= 11 is 0. The molecule has 0 aliphatic carbocycles. The van der Waals surface area contributed by atoms with Crippen LogP contribution < -0.4 is 21.0 Å². The topological polar surface area (TPSA) is 135 Å². The molecule has 0 radical (unpaired) electrons. The van der Waals surface area contributed by atoms with Gasteiger partial charge < -0.3 is 24.9 Å². The van der Waals surface area contributed by atoms with E-state index in [2.05, 4.69) is 10.6 Å². The van der Waals surface area contributed by atoms with Gasteiger partial charge in [-0.25, -0.2) is 9.59 Å². The fraction of sp³-hybridized carbons (Fsp3) is 0.250. The fourth-order valence-corrected chi connectivity index (χ4v) is 3.21. The Kier molecular flexibility index (Phi) is 7.45. The number of carboxylic acid groups (broad SMARTS) is 1. The number of carboxylic acids is 1. The summed E-state index contributed by atoms with van der Waals surface area (Å²) in [7, 11) is 0. The average molecular weight is 452 g/mol. The predicted molar refractivity (Wildman–Crippen MR) is 121 cm³/mol. The Hall–Kier alpha value is -4.14. The van der Waals surface area contributed by atoms with Gasteiger partial charge >= 0.3 is 11.6 Å². The molecule has 1 atom stereocenters. The van der Waals surface area contributed by atoms with Crippen LogP contribution in [0, 0.1) is 5.92 Å². The minimum absolute atomic E-state index is 0.305. The van der Waals surface area contributed by atoms with Crippen molar-refractivity contribution in [1.29, 1.82) is 0 Å². The predicted octanol–water partition coefficient (Wildman–Crippen LogP) is 2.18. The highest BCUT2D eigenvalue weighted by Crippen LogP contribution is 2.29. The molecule has 172 valence electrons. The molecule has 0 fully saturated rings. The van der Waals surface area contributed by atoms with Gasteiger partial charge in [0.05, 0.1) is 6.54 Å². The lowest BCUT2D eigenvalue weighted by Gasteiger charge is -2.18. The van der Waals surface area contributed by atoms with E-state index in [1.807, 2.05) is 30.3 Å². The molecule has 2 amide bonds. The Morgan fingerprint density at radius 1 is 1.03 bits per heavy atom. The first kappa shape index (κ1) is 23.5. The number of rotatable bonds is 9. The summed E-state index contributed by atoms with van der Waals surface area (Å²) < 4.78 is 10.7. The van der Waals surface area contributed by atoms with Crippen LogP contribution in [0.15, 0.2) is 63.8 Å². The lowest BCUT2D eigenvalue weighted by molar-refractivity contribution is -0.143. The molecule has 0 bridgehead atoms. The second-order valence-corrected chi connectivity index (χ2v) is 7.70. The van der Waals surface area contributed by atoms with Gasteiger partial charge in [-0.2, -0.15) is 0 Å². The van der Waals surface area contributed by atoms with Crippen molar-refractivity contribution in [2.45, 2.75) is 19.9 Å². The fourth-order valence-electron chi connectivity index (χ4n) is 3.21. The van der Waals surface area contributed by atoms with Crippen LogP contribution in [0.2, 0.25) is 0 Å². The monoisotopic (exact) mass is 452 g/mol. The molecule has 0 aliphatic rings. The van der Waals surface area contributed by atoms with Crippen molar-refractivity contribution in [2.75, 3.05) is 13.2 Å². The summed E-state index contributed by atoms with van der Waals surface area (Å²) in [6, 6.07) is 14.7. The maximum absolute atomic E-state index is 12.0. The van der Waals surface area contributed by atoms with Crippen molar-refractivity contribution in [1.82, 2.24) is 10.6 Å². The summed E-state index contributed by atoms with van der Waals surface area (Å²) in [6.07, 6.45) is 0. The van der Waals surface area contributed by atoms with E-state index < -0.39 is 29.5 Å². The number of amides is 2. The van der Waals surface area contributed by atoms with Crippen LogP contribution >= 0.6 is 0 Å². The second kappa shape index (κ2) is 10.4. The maximum Gasteiger partial charge on any atom is 0.336 e. The average Bonchev–Trinajstić information content (AvgIpc) is 2.79. The number of fused-ring (bicyclic) bond motifs is 1. The van der Waals surface area contributed by atoms with Crippen LogP contribution in [-0.4, -0.2) is 42.1 Å². The largest absolute Gasteiger partial charge is 0.484 e. The lowest BCUT2D eigenvalue weighted by atomic mass is 10.0. The number of benzene rings is 2. The molecule has 0 saturated heterocycles. The molecule has 9 nitrogen and oxygen atoms in total. The summed E-state index contributed by atoms with van der Waals surface area (Å²) in [6.45, 7) is 2.57. The molecule has 1 unspecified atom stereocenters. The maximum atomic E-state index is 12.0. The van der Waals surface area contributed by atoms with Crippen LogP contribution in [0.4, 0.5) is 0 Å². The normalized spacial score (nSPS) is 11.7. The van der Waals surface area contributed by atoms with Crippen molar-refractivity contribution in [3.8, 4) is 16.9 Å². The van der Waals surface area contributed by atoms with Crippen LogP contribution in [0.3, 0.4) is 0 Å². The van der Waals surface area contributed by atoms with Crippen LogP contribution in [0.5, 0.6) is 5.75 Å². The quantitative estimate of drug-likeness (QED) is 0.424. The van der Waals surface area contributed by atoms with Crippen molar-refractivity contribution in [3.05, 3.63) is 65.0 Å². The van der Waals surface area contributed by atoms with Gasteiger partial charge in [0.15, 0.2) is 6.61 Å². The smallest absolute Gasteiger partial charge is 0.336 e. The van der Waals surface area contributed by atoms with Gasteiger partial charge in [0.25, 0.3) is 5.91 Å². The molecule has 3 rings (SSSR count). The zero-order valence-corrected chi connectivity index (χ0v) is 18.2. The van der Waals surface area contributed by atoms with Gasteiger partial charge in [0.1, 0.15) is 17.4 Å². The zero-order valence-electron chi connectivity index (χ0n) is 18.2. The number of aliphatic carboxylic acids is 1. The molecule has 0 aliphatic heterocycles. The zero-order chi connectivity index (χ0) is 24.0. The van der Waals surface area contributed by atoms with E-state index in [0.29, 0.717) is 16.7 Å². The third kappa shape index (κ3) is 6.19. The van der Waals surface area contributed by atoms with E-state index in [0.717, 1.165) is 11.1 Å². The standard InChI is InChI=1S/C24H24N2O7/c1-14(2)23(24(30)31)26-20(27)12-25-21(28)13-32-16-8-9-17-18(15-6-4-3-5-7-15)11-22(29)33-19(17)10-16/h3-11,14,23H,12-13H2,1-2H3,(H,25,28)(H,26,27)(H,30,31). The van der Waals surface area contributed by atoms with Gasteiger partial charge in [-0.3, -0.25) is 9.59 Å². The Balaban J connectivity index is 1.61. The Labute approximate surface area is 189 Å². The number of carbonyl (C=O) groups is 3. The summed E-state index contributed by atoms with van der Waals surface area (Å²) in [5.41, 5.74) is 1.39. The van der Waals surface area contributed by atoms with E-state index in [-0.39, 0.29) is 19.1 Å². The Morgan fingerprint density at radius 2 is 1.76 bits per heavy atom. The Bertz CT molecular complexity index is 1220. The second-order valence-electron chi connectivity index (χ2n) is 7.70. The summed E-state index contributed by atoms with van der Waals surface area (Å²) in [5.74, 6) is -2.33. The number of hydrogen-bond acceptors (Lipinski definition) is 6. The lowest BCUT2D eigenvalue weighted by Crippen LogP contribution is -2.48. The highest BCUT2D eigenvalue weighted by molar-refractivity contribution is 5.94. The van der Waals surface area contributed by atoms with Gasteiger partial charge in [-0.1, -0.05) is 44.2 Å². The summed E-state index contributed by atoms with van der Waals surface area (Å²) in [5, 5.41) is 14.5. The molecular formula is C24H24N2O7. The van der Waals surface area contributed by atoms with Crippen molar-refractivity contribution in [3.63, 3.8) is 0 Å². The molecule has 3 aromatic rings. The first-order valence-electron chi connectivity index (χ1n) is 10.3. The number of nitrogens with one attached hydrogen (secondary N) is 2. The van der Waals surface area contributed by atoms with E-state index in [9.17, 15) is 19.2 Å². The number of hydrogen-bond donors (Lipinski definition) is 3. The molecular weight excluding hydrogens is 428 g/mol. The number of ether oxygens (including phenoxy) is 1. The SMILES string of the molecule is CC(C)C(NC(=O)CNC(=O)COc1ccc2c(-c3ccccc3)cc(=O)oc2c1)C(=O)O. The molecule has 0 saturated carbocycles. The van der Waals surface area contributed by atoms with Crippen molar-refractivity contribution < 1.29 is 28.6 Å². The molecule has 33 heavy (non-hydrogen) atoms. The molecule has 1 aromatic heterocycles. The van der Waals surface area contributed by atoms with E-state index >= 15 is 0 Å². The van der Waals surface area contributed by atoms with Crippen LogP contribution in [0.1, 0.15) is 13.8 Å². The van der Waals surface area contributed by atoms with E-state index in [1.54, 1.807) is 26.0 Å². The molecule has 1 heterocycles. The highest BCUT2D eigenvalue weighted by Gasteiger charge is 2.23. The molecule has 2 aromatic carbocycles. The molecule has 9 heteroatoms.